The van der Waals surface area contributed by atoms with Crippen molar-refractivity contribution in [3.05, 3.63) is 53.6 Å². The van der Waals surface area contributed by atoms with Crippen LogP contribution in [0.3, 0.4) is 0 Å². The maximum atomic E-state index is 5.41. The first-order valence-electron chi connectivity index (χ1n) is 6.94. The van der Waals surface area contributed by atoms with Gasteiger partial charge in [0.1, 0.15) is 0 Å². The highest BCUT2D eigenvalue weighted by Crippen LogP contribution is 2.42. The SMILES string of the molecule is COc1cc2c(cc1OC)-c1nc3ccccc3cc1C2. The van der Waals surface area contributed by atoms with E-state index in [-0.39, 0.29) is 0 Å². The molecule has 0 unspecified atom stereocenters. The first kappa shape index (κ1) is 12.2. The zero-order valence-corrected chi connectivity index (χ0v) is 12.0. The van der Waals surface area contributed by atoms with E-state index < -0.39 is 0 Å². The summed E-state index contributed by atoms with van der Waals surface area (Å²) in [4.78, 5) is 4.83. The second-order valence-electron chi connectivity index (χ2n) is 5.23. The van der Waals surface area contributed by atoms with Crippen LogP contribution in [0.25, 0.3) is 22.2 Å². The summed E-state index contributed by atoms with van der Waals surface area (Å²) >= 11 is 0. The summed E-state index contributed by atoms with van der Waals surface area (Å²) in [6, 6.07) is 14.5. The van der Waals surface area contributed by atoms with Gasteiger partial charge in [-0.05, 0) is 35.4 Å². The van der Waals surface area contributed by atoms with Gasteiger partial charge in [-0.25, -0.2) is 4.98 Å². The summed E-state index contributed by atoms with van der Waals surface area (Å²) in [5.41, 5.74) is 5.74. The van der Waals surface area contributed by atoms with Gasteiger partial charge in [0.2, 0.25) is 0 Å². The number of benzene rings is 2. The summed E-state index contributed by atoms with van der Waals surface area (Å²) in [7, 11) is 3.33. The molecule has 0 saturated heterocycles. The standard InChI is InChI=1S/C18H15NO2/c1-20-16-9-12-8-13-7-11-5-3-4-6-15(11)19-18(13)14(12)10-17(16)21-2/h3-7,9-10H,8H2,1-2H3. The Morgan fingerprint density at radius 2 is 1.67 bits per heavy atom. The van der Waals surface area contributed by atoms with Crippen molar-refractivity contribution in [1.82, 2.24) is 4.98 Å². The normalized spacial score (nSPS) is 12.1. The quantitative estimate of drug-likeness (QED) is 0.558. The Kier molecular flexibility index (Phi) is 2.61. The number of hydrogen-bond acceptors (Lipinski definition) is 3. The predicted octanol–water partition coefficient (Wildman–Crippen LogP) is 3.82. The third kappa shape index (κ3) is 1.77. The van der Waals surface area contributed by atoms with Crippen molar-refractivity contribution in [3.8, 4) is 22.8 Å². The lowest BCUT2D eigenvalue weighted by molar-refractivity contribution is 0.355. The van der Waals surface area contributed by atoms with E-state index in [9.17, 15) is 0 Å². The van der Waals surface area contributed by atoms with Crippen LogP contribution in [0.1, 0.15) is 11.1 Å². The van der Waals surface area contributed by atoms with E-state index in [4.69, 9.17) is 14.5 Å². The molecular formula is C18H15NO2. The van der Waals surface area contributed by atoms with Crippen LogP contribution >= 0.6 is 0 Å². The summed E-state index contributed by atoms with van der Waals surface area (Å²) in [5.74, 6) is 1.52. The van der Waals surface area contributed by atoms with Crippen LogP contribution in [0.15, 0.2) is 42.5 Å². The minimum absolute atomic E-state index is 0.749. The first-order valence-corrected chi connectivity index (χ1v) is 6.94. The highest BCUT2D eigenvalue weighted by molar-refractivity contribution is 5.86. The summed E-state index contributed by atoms with van der Waals surface area (Å²) in [6.07, 6.45) is 0.892. The minimum Gasteiger partial charge on any atom is -0.493 e. The average Bonchev–Trinajstić information content (AvgIpc) is 2.87. The van der Waals surface area contributed by atoms with Crippen LogP contribution in [0.2, 0.25) is 0 Å². The van der Waals surface area contributed by atoms with E-state index in [0.717, 1.165) is 34.7 Å². The van der Waals surface area contributed by atoms with Gasteiger partial charge in [-0.2, -0.15) is 0 Å². The lowest BCUT2D eigenvalue weighted by atomic mass is 10.1. The van der Waals surface area contributed by atoms with Crippen molar-refractivity contribution in [3.63, 3.8) is 0 Å². The zero-order chi connectivity index (χ0) is 14.4. The van der Waals surface area contributed by atoms with Gasteiger partial charge in [0, 0.05) is 17.4 Å². The molecule has 0 amide bonds. The van der Waals surface area contributed by atoms with Crippen LogP contribution in [0.4, 0.5) is 0 Å². The Hall–Kier alpha value is -2.55. The summed E-state index contributed by atoms with van der Waals surface area (Å²) in [6.45, 7) is 0. The van der Waals surface area contributed by atoms with Crippen LogP contribution in [-0.2, 0) is 6.42 Å². The van der Waals surface area contributed by atoms with Crippen molar-refractivity contribution in [2.75, 3.05) is 14.2 Å². The molecule has 1 aliphatic carbocycles. The van der Waals surface area contributed by atoms with Crippen LogP contribution in [0.5, 0.6) is 11.5 Å². The topological polar surface area (TPSA) is 31.4 Å². The van der Waals surface area contributed by atoms with Gasteiger partial charge < -0.3 is 9.47 Å². The van der Waals surface area contributed by atoms with Crippen molar-refractivity contribution in [2.24, 2.45) is 0 Å². The monoisotopic (exact) mass is 277 g/mol. The minimum atomic E-state index is 0.749. The molecule has 0 atom stereocenters. The number of ether oxygens (including phenoxy) is 2. The van der Waals surface area contributed by atoms with E-state index >= 15 is 0 Å². The maximum Gasteiger partial charge on any atom is 0.161 e. The molecule has 0 radical (unpaired) electrons. The Labute approximate surface area is 123 Å². The summed E-state index contributed by atoms with van der Waals surface area (Å²) in [5, 5.41) is 1.18. The van der Waals surface area contributed by atoms with E-state index in [1.165, 1.54) is 16.5 Å². The highest BCUT2D eigenvalue weighted by atomic mass is 16.5. The molecule has 1 aromatic heterocycles. The molecule has 0 fully saturated rings. The van der Waals surface area contributed by atoms with Gasteiger partial charge in [-0.1, -0.05) is 18.2 Å². The molecule has 104 valence electrons. The highest BCUT2D eigenvalue weighted by Gasteiger charge is 2.23. The smallest absolute Gasteiger partial charge is 0.161 e. The molecule has 0 spiro atoms. The van der Waals surface area contributed by atoms with E-state index in [2.05, 4.69) is 18.2 Å². The molecule has 1 heterocycles. The molecule has 3 aromatic rings. The summed E-state index contributed by atoms with van der Waals surface area (Å²) < 4.78 is 10.8. The van der Waals surface area contributed by atoms with E-state index in [1.54, 1.807) is 14.2 Å². The maximum absolute atomic E-state index is 5.41. The van der Waals surface area contributed by atoms with E-state index in [1.807, 2.05) is 24.3 Å². The fraction of sp³-hybridized carbons (Fsp3) is 0.167. The molecule has 0 saturated carbocycles. The largest absolute Gasteiger partial charge is 0.493 e. The van der Waals surface area contributed by atoms with Crippen molar-refractivity contribution < 1.29 is 9.47 Å². The lowest BCUT2D eigenvalue weighted by Gasteiger charge is -2.10. The van der Waals surface area contributed by atoms with Gasteiger partial charge in [-0.15, -0.1) is 0 Å². The Bertz CT molecular complexity index is 855. The number of para-hydroxylation sites is 1. The van der Waals surface area contributed by atoms with Gasteiger partial charge in [-0.3, -0.25) is 0 Å². The van der Waals surface area contributed by atoms with Gasteiger partial charge >= 0.3 is 0 Å². The van der Waals surface area contributed by atoms with Gasteiger partial charge in [0.25, 0.3) is 0 Å². The fourth-order valence-corrected chi connectivity index (χ4v) is 3.02. The van der Waals surface area contributed by atoms with Gasteiger partial charge in [0.15, 0.2) is 11.5 Å². The first-order chi connectivity index (χ1) is 10.3. The van der Waals surface area contributed by atoms with Crippen LogP contribution in [0, 0.1) is 0 Å². The third-order valence-corrected chi connectivity index (χ3v) is 4.05. The Balaban J connectivity index is 1.96. The lowest BCUT2D eigenvalue weighted by Crippen LogP contribution is -1.92. The second-order valence-corrected chi connectivity index (χ2v) is 5.23. The molecule has 3 nitrogen and oxygen atoms in total. The number of nitrogens with zero attached hydrogens (tertiary/aromatic N) is 1. The number of pyridine rings is 1. The molecule has 1 aliphatic rings. The third-order valence-electron chi connectivity index (χ3n) is 4.05. The van der Waals surface area contributed by atoms with Gasteiger partial charge in [0.05, 0.1) is 25.4 Å². The number of hydrogen-bond donors (Lipinski definition) is 0. The Morgan fingerprint density at radius 1 is 0.905 bits per heavy atom. The molecule has 21 heavy (non-hydrogen) atoms. The van der Waals surface area contributed by atoms with Crippen molar-refractivity contribution >= 4 is 10.9 Å². The predicted molar refractivity (Wildman–Crippen MR) is 83.1 cm³/mol. The van der Waals surface area contributed by atoms with Crippen LogP contribution < -0.4 is 9.47 Å². The molecule has 0 aliphatic heterocycles. The number of methoxy groups -OCH3 is 2. The number of aromatic nitrogens is 1. The fourth-order valence-electron chi connectivity index (χ4n) is 3.02. The average molecular weight is 277 g/mol. The molecule has 4 rings (SSSR count). The molecule has 0 N–H and O–H groups in total. The molecular weight excluding hydrogens is 262 g/mol. The molecule has 3 heteroatoms. The van der Waals surface area contributed by atoms with Crippen molar-refractivity contribution in [1.29, 1.82) is 0 Å². The second kappa shape index (κ2) is 4.48. The number of fused-ring (bicyclic) bond motifs is 4. The van der Waals surface area contributed by atoms with Crippen LogP contribution in [-0.4, -0.2) is 19.2 Å². The number of rotatable bonds is 2. The van der Waals surface area contributed by atoms with E-state index in [0.29, 0.717) is 0 Å². The molecule has 2 aromatic carbocycles. The Morgan fingerprint density at radius 3 is 2.48 bits per heavy atom. The van der Waals surface area contributed by atoms with Crippen molar-refractivity contribution in [2.45, 2.75) is 6.42 Å². The zero-order valence-electron chi connectivity index (χ0n) is 12.0. The molecule has 0 bridgehead atoms.